The van der Waals surface area contributed by atoms with Crippen LogP contribution in [0, 0.1) is 0 Å². The van der Waals surface area contributed by atoms with Gasteiger partial charge in [-0.1, -0.05) is 6.08 Å². The number of aliphatic hydroxyl groups excluding tert-OH is 3. The van der Waals surface area contributed by atoms with Crippen LogP contribution in [0.25, 0.3) is 0 Å². The monoisotopic (exact) mass is 256 g/mol. The van der Waals surface area contributed by atoms with Crippen molar-refractivity contribution in [2.75, 3.05) is 6.61 Å². The maximum atomic E-state index is 11.6. The number of carbonyl (C=O) groups is 1. The predicted octanol–water partition coefficient (Wildman–Crippen LogP) is -2.63. The summed E-state index contributed by atoms with van der Waals surface area (Å²) in [6.07, 6.45) is 1.62. The van der Waals surface area contributed by atoms with Gasteiger partial charge in [0, 0.05) is 0 Å². The summed E-state index contributed by atoms with van der Waals surface area (Å²) < 4.78 is 5.34. The minimum atomic E-state index is -1.43. The summed E-state index contributed by atoms with van der Waals surface area (Å²) in [6, 6.07) is 0. The first-order valence-corrected chi connectivity index (χ1v) is 5.57. The van der Waals surface area contributed by atoms with Crippen LogP contribution in [-0.4, -0.2) is 57.8 Å². The first-order chi connectivity index (χ1) is 8.53. The molecule has 0 aliphatic carbocycles. The number of hydrogen-bond acceptors (Lipinski definition) is 6. The van der Waals surface area contributed by atoms with E-state index >= 15 is 0 Å². The number of nitrogens with one attached hydrogen (secondary N) is 1. The van der Waals surface area contributed by atoms with E-state index in [0.717, 1.165) is 0 Å². The van der Waals surface area contributed by atoms with Crippen LogP contribution < -0.4 is 11.1 Å². The molecule has 100 valence electrons. The van der Waals surface area contributed by atoms with Crippen molar-refractivity contribution in [1.82, 2.24) is 5.32 Å². The molecule has 0 bridgehead atoms. The normalized spacial score (nSPS) is 42.8. The van der Waals surface area contributed by atoms with Gasteiger partial charge in [0.2, 0.25) is 5.91 Å². The molecule has 0 saturated carbocycles. The van der Waals surface area contributed by atoms with E-state index in [1.54, 1.807) is 12.2 Å². The van der Waals surface area contributed by atoms with Crippen LogP contribution in [0.1, 0.15) is 0 Å². The van der Waals surface area contributed by atoms with Gasteiger partial charge in [-0.05, 0) is 18.4 Å². The lowest BCUT2D eigenvalue weighted by molar-refractivity contribution is -0.131. The van der Waals surface area contributed by atoms with Crippen molar-refractivity contribution in [1.29, 1.82) is 0 Å². The number of ether oxygens (including phenoxy) is 1. The van der Waals surface area contributed by atoms with Gasteiger partial charge in [-0.25, -0.2) is 0 Å². The van der Waals surface area contributed by atoms with Crippen molar-refractivity contribution in [3.63, 3.8) is 0 Å². The van der Waals surface area contributed by atoms with Crippen molar-refractivity contribution in [2.45, 2.75) is 30.0 Å². The smallest absolute Gasteiger partial charge is 0.249 e. The van der Waals surface area contributed by atoms with E-state index in [1.807, 2.05) is 0 Å². The number of carbonyl (C=O) groups excluding carboxylic acids is 1. The second-order valence-electron chi connectivity index (χ2n) is 4.35. The second kappa shape index (κ2) is 4.69. The molecule has 0 aromatic carbocycles. The molecule has 0 spiro atoms. The van der Waals surface area contributed by atoms with Gasteiger partial charge < -0.3 is 31.1 Å². The van der Waals surface area contributed by atoms with E-state index in [-0.39, 0.29) is 0 Å². The number of primary amides is 1. The molecular formula is C11H16N2O5. The van der Waals surface area contributed by atoms with Gasteiger partial charge in [-0.3, -0.25) is 4.79 Å². The van der Waals surface area contributed by atoms with Crippen LogP contribution in [0.15, 0.2) is 24.4 Å². The van der Waals surface area contributed by atoms with E-state index < -0.39 is 42.5 Å². The Hall–Kier alpha value is -1.41. The molecule has 2 aliphatic heterocycles. The number of rotatable bonds is 3. The van der Waals surface area contributed by atoms with Crippen molar-refractivity contribution in [2.24, 2.45) is 5.73 Å². The second-order valence-corrected chi connectivity index (χ2v) is 4.35. The molecular weight excluding hydrogens is 240 g/mol. The topological polar surface area (TPSA) is 125 Å². The number of dihydropyridines is 1. The molecule has 6 N–H and O–H groups in total. The summed E-state index contributed by atoms with van der Waals surface area (Å²) in [7, 11) is 0. The van der Waals surface area contributed by atoms with Crippen molar-refractivity contribution in [3.05, 3.63) is 24.4 Å². The van der Waals surface area contributed by atoms with Gasteiger partial charge in [0.05, 0.1) is 6.61 Å². The van der Waals surface area contributed by atoms with Gasteiger partial charge in [0.25, 0.3) is 0 Å². The Morgan fingerprint density at radius 2 is 2.11 bits per heavy atom. The van der Waals surface area contributed by atoms with Gasteiger partial charge >= 0.3 is 0 Å². The Balaban J connectivity index is 2.31. The summed E-state index contributed by atoms with van der Waals surface area (Å²) in [5, 5.41) is 31.4. The highest BCUT2D eigenvalue weighted by atomic mass is 16.6. The number of amides is 1. The fraction of sp³-hybridized carbons (Fsp3) is 0.545. The molecule has 1 amide bonds. The molecule has 1 saturated heterocycles. The average Bonchev–Trinajstić information content (AvgIpc) is 2.67. The summed E-state index contributed by atoms with van der Waals surface area (Å²) in [6.45, 7) is -0.455. The zero-order valence-corrected chi connectivity index (χ0v) is 9.56. The van der Waals surface area contributed by atoms with Gasteiger partial charge in [0.1, 0.15) is 24.4 Å². The molecule has 2 rings (SSSR count). The van der Waals surface area contributed by atoms with Crippen molar-refractivity contribution in [3.8, 4) is 0 Å². The Morgan fingerprint density at radius 1 is 1.39 bits per heavy atom. The number of allylic oxidation sites excluding steroid dienone is 2. The maximum Gasteiger partial charge on any atom is 0.249 e. The molecule has 2 aliphatic rings. The summed E-state index contributed by atoms with van der Waals surface area (Å²) >= 11 is 0. The van der Waals surface area contributed by atoms with E-state index in [4.69, 9.17) is 15.6 Å². The standard InChI is InChI=1S/C11H16N2O5/c12-10(17)11(3-1-2-4-13-11)9-8(16)7(15)6(5-14)18-9/h1-4,6-9,13-16H,5H2,(H2,12,17)/t6-,7-,8-,9-,11?/m1/s1. The van der Waals surface area contributed by atoms with E-state index in [1.165, 1.54) is 12.3 Å². The third-order valence-corrected chi connectivity index (χ3v) is 3.29. The molecule has 0 aromatic rings. The van der Waals surface area contributed by atoms with Gasteiger partial charge in [0.15, 0.2) is 5.54 Å². The quantitative estimate of drug-likeness (QED) is 0.376. The fourth-order valence-electron chi connectivity index (χ4n) is 2.24. The van der Waals surface area contributed by atoms with Crippen LogP contribution in [0.5, 0.6) is 0 Å². The molecule has 5 atom stereocenters. The Bertz CT molecular complexity index is 397. The Kier molecular flexibility index (Phi) is 3.40. The number of hydrogen-bond donors (Lipinski definition) is 5. The van der Waals surface area contributed by atoms with E-state index in [0.29, 0.717) is 0 Å². The zero-order valence-electron chi connectivity index (χ0n) is 9.56. The fourth-order valence-corrected chi connectivity index (χ4v) is 2.24. The summed E-state index contributed by atoms with van der Waals surface area (Å²) in [4.78, 5) is 11.6. The largest absolute Gasteiger partial charge is 0.394 e. The maximum absolute atomic E-state index is 11.6. The predicted molar refractivity (Wildman–Crippen MR) is 61.1 cm³/mol. The third kappa shape index (κ3) is 1.81. The van der Waals surface area contributed by atoms with Crippen LogP contribution in [0.2, 0.25) is 0 Å². The molecule has 18 heavy (non-hydrogen) atoms. The summed E-state index contributed by atoms with van der Waals surface area (Å²) in [5.74, 6) is -0.738. The van der Waals surface area contributed by atoms with Crippen LogP contribution in [0.3, 0.4) is 0 Å². The third-order valence-electron chi connectivity index (χ3n) is 3.29. The Labute approximate surface area is 104 Å². The lowest BCUT2D eigenvalue weighted by Gasteiger charge is -2.36. The molecule has 0 aromatic heterocycles. The van der Waals surface area contributed by atoms with Crippen molar-refractivity contribution >= 4 is 5.91 Å². The zero-order chi connectivity index (χ0) is 13.3. The minimum absolute atomic E-state index is 0.455. The molecule has 7 nitrogen and oxygen atoms in total. The first-order valence-electron chi connectivity index (χ1n) is 5.57. The van der Waals surface area contributed by atoms with Gasteiger partial charge in [-0.2, -0.15) is 0 Å². The molecule has 1 fully saturated rings. The lowest BCUT2D eigenvalue weighted by atomic mass is 9.85. The van der Waals surface area contributed by atoms with Crippen LogP contribution in [-0.2, 0) is 9.53 Å². The molecule has 1 unspecified atom stereocenters. The van der Waals surface area contributed by atoms with Crippen LogP contribution >= 0.6 is 0 Å². The first kappa shape index (κ1) is 13.0. The minimum Gasteiger partial charge on any atom is -0.394 e. The molecule has 0 radical (unpaired) electrons. The molecule has 7 heteroatoms. The van der Waals surface area contributed by atoms with E-state index in [2.05, 4.69) is 5.32 Å². The highest BCUT2D eigenvalue weighted by Gasteiger charge is 2.55. The Morgan fingerprint density at radius 3 is 2.56 bits per heavy atom. The number of nitrogens with two attached hydrogens (primary N) is 1. The average molecular weight is 256 g/mol. The van der Waals surface area contributed by atoms with Gasteiger partial charge in [-0.15, -0.1) is 0 Å². The SMILES string of the molecule is NC(=O)C1([C@@H]2O[C@H](CO)[C@@H](O)[C@H]2O)C=CC=CN1. The highest BCUT2D eigenvalue weighted by Crippen LogP contribution is 2.31. The lowest BCUT2D eigenvalue weighted by Crippen LogP contribution is -2.63. The number of aliphatic hydroxyl groups is 3. The highest BCUT2D eigenvalue weighted by molar-refractivity contribution is 5.88. The molecule has 2 heterocycles. The van der Waals surface area contributed by atoms with Crippen LogP contribution in [0.4, 0.5) is 0 Å². The van der Waals surface area contributed by atoms with E-state index in [9.17, 15) is 15.0 Å². The van der Waals surface area contributed by atoms with Crippen molar-refractivity contribution < 1.29 is 24.9 Å². The summed E-state index contributed by atoms with van der Waals surface area (Å²) in [5.41, 5.74) is 3.92.